The van der Waals surface area contributed by atoms with Gasteiger partial charge >= 0.3 is 0 Å². The van der Waals surface area contributed by atoms with E-state index in [9.17, 15) is 9.18 Å². The molecule has 0 aliphatic carbocycles. The molecule has 1 amide bonds. The van der Waals surface area contributed by atoms with E-state index >= 15 is 0 Å². The molecular weight excluding hydrogens is 259 g/mol. The van der Waals surface area contributed by atoms with E-state index in [0.717, 1.165) is 37.2 Å². The maximum absolute atomic E-state index is 13.1. The molecule has 3 rings (SSSR count). The molecule has 0 radical (unpaired) electrons. The van der Waals surface area contributed by atoms with Crippen molar-refractivity contribution in [2.75, 3.05) is 26.2 Å². The van der Waals surface area contributed by atoms with Crippen molar-refractivity contribution in [1.82, 2.24) is 10.2 Å². The molecule has 2 heterocycles. The number of nitrogens with one attached hydrogen (secondary N) is 1. The van der Waals surface area contributed by atoms with Gasteiger partial charge in [-0.15, -0.1) is 0 Å². The summed E-state index contributed by atoms with van der Waals surface area (Å²) in [5.74, 6) is 0.679. The summed E-state index contributed by atoms with van der Waals surface area (Å²) in [5.41, 5.74) is 0.905. The first kappa shape index (κ1) is 13.4. The Morgan fingerprint density at radius 3 is 3.00 bits per heavy atom. The van der Waals surface area contributed by atoms with Crippen LogP contribution in [0.25, 0.3) is 0 Å². The third-order valence-corrected chi connectivity index (χ3v) is 3.87. The Labute approximate surface area is 117 Å². The SMILES string of the molecule is O=C(CNCC1Cc2cc(F)ccc2O1)N1CCCC1. The quantitative estimate of drug-likeness (QED) is 0.903. The number of hydrogen-bond donors (Lipinski definition) is 1. The number of benzene rings is 1. The molecule has 0 bridgehead atoms. The number of halogens is 1. The van der Waals surface area contributed by atoms with Crippen LogP contribution in [0.1, 0.15) is 18.4 Å². The van der Waals surface area contributed by atoms with Crippen LogP contribution in [0.3, 0.4) is 0 Å². The molecule has 2 aliphatic heterocycles. The summed E-state index contributed by atoms with van der Waals surface area (Å²) < 4.78 is 18.8. The predicted octanol–water partition coefficient (Wildman–Crippen LogP) is 1.34. The molecule has 2 aliphatic rings. The van der Waals surface area contributed by atoms with E-state index in [4.69, 9.17) is 4.74 Å². The van der Waals surface area contributed by atoms with E-state index in [-0.39, 0.29) is 17.8 Å². The van der Waals surface area contributed by atoms with Crippen molar-refractivity contribution in [2.24, 2.45) is 0 Å². The average Bonchev–Trinajstić information content (AvgIpc) is 3.06. The molecule has 4 nitrogen and oxygen atoms in total. The standard InChI is InChI=1S/C15H19FN2O2/c16-12-3-4-14-11(7-12)8-13(20-14)9-17-10-15(19)18-5-1-2-6-18/h3-4,7,13,17H,1-2,5-6,8-10H2. The highest BCUT2D eigenvalue weighted by atomic mass is 19.1. The summed E-state index contributed by atoms with van der Waals surface area (Å²) in [6, 6.07) is 4.59. The number of ether oxygens (including phenoxy) is 1. The van der Waals surface area contributed by atoms with Crippen LogP contribution in [-0.4, -0.2) is 43.1 Å². The van der Waals surface area contributed by atoms with Gasteiger partial charge in [-0.2, -0.15) is 0 Å². The first-order chi connectivity index (χ1) is 9.72. The van der Waals surface area contributed by atoms with Crippen LogP contribution in [-0.2, 0) is 11.2 Å². The molecule has 108 valence electrons. The van der Waals surface area contributed by atoms with Gasteiger partial charge < -0.3 is 15.0 Å². The number of carbonyl (C=O) groups is 1. The molecule has 1 aromatic carbocycles. The van der Waals surface area contributed by atoms with Crippen molar-refractivity contribution < 1.29 is 13.9 Å². The molecule has 5 heteroatoms. The van der Waals surface area contributed by atoms with Gasteiger partial charge in [-0.05, 0) is 31.0 Å². The van der Waals surface area contributed by atoms with Gasteiger partial charge in [0, 0.05) is 31.6 Å². The van der Waals surface area contributed by atoms with Crippen LogP contribution < -0.4 is 10.1 Å². The number of hydrogen-bond acceptors (Lipinski definition) is 3. The average molecular weight is 278 g/mol. The number of fused-ring (bicyclic) bond motifs is 1. The summed E-state index contributed by atoms with van der Waals surface area (Å²) in [6.07, 6.45) is 2.90. The summed E-state index contributed by atoms with van der Waals surface area (Å²) in [7, 11) is 0. The fourth-order valence-corrected chi connectivity index (χ4v) is 2.82. The fourth-order valence-electron chi connectivity index (χ4n) is 2.82. The lowest BCUT2D eigenvalue weighted by Crippen LogP contribution is -2.39. The summed E-state index contributed by atoms with van der Waals surface area (Å²) in [5, 5.41) is 3.14. The van der Waals surface area contributed by atoms with Gasteiger partial charge in [0.05, 0.1) is 6.54 Å². The Morgan fingerprint density at radius 1 is 1.40 bits per heavy atom. The highest BCUT2D eigenvalue weighted by Gasteiger charge is 2.23. The predicted molar refractivity (Wildman–Crippen MR) is 73.2 cm³/mol. The van der Waals surface area contributed by atoms with Crippen molar-refractivity contribution in [3.05, 3.63) is 29.6 Å². The normalized spacial score (nSPS) is 20.9. The molecule has 0 saturated carbocycles. The molecular formula is C15H19FN2O2. The lowest BCUT2D eigenvalue weighted by molar-refractivity contribution is -0.129. The lowest BCUT2D eigenvalue weighted by Gasteiger charge is -2.17. The number of amides is 1. The van der Waals surface area contributed by atoms with Gasteiger partial charge in [-0.25, -0.2) is 4.39 Å². The Bertz CT molecular complexity index is 501. The van der Waals surface area contributed by atoms with Gasteiger partial charge in [-0.1, -0.05) is 0 Å². The van der Waals surface area contributed by atoms with Gasteiger partial charge in [0.25, 0.3) is 0 Å². The minimum atomic E-state index is -0.231. The van der Waals surface area contributed by atoms with E-state index in [1.165, 1.54) is 12.1 Å². The fraction of sp³-hybridized carbons (Fsp3) is 0.533. The number of rotatable bonds is 4. The third-order valence-electron chi connectivity index (χ3n) is 3.87. The molecule has 1 atom stereocenters. The highest BCUT2D eigenvalue weighted by Crippen LogP contribution is 2.28. The largest absolute Gasteiger partial charge is 0.488 e. The maximum Gasteiger partial charge on any atom is 0.236 e. The second-order valence-corrected chi connectivity index (χ2v) is 5.41. The molecule has 1 fully saturated rings. The number of likely N-dealkylation sites (tertiary alicyclic amines) is 1. The molecule has 0 aromatic heterocycles. The lowest BCUT2D eigenvalue weighted by atomic mass is 10.1. The van der Waals surface area contributed by atoms with Gasteiger partial charge in [0.2, 0.25) is 5.91 Å². The molecule has 1 unspecified atom stereocenters. The highest BCUT2D eigenvalue weighted by molar-refractivity contribution is 5.78. The number of nitrogens with zero attached hydrogens (tertiary/aromatic N) is 1. The van der Waals surface area contributed by atoms with Crippen LogP contribution in [0.4, 0.5) is 4.39 Å². The summed E-state index contributed by atoms with van der Waals surface area (Å²) in [4.78, 5) is 13.8. The van der Waals surface area contributed by atoms with Crippen molar-refractivity contribution in [1.29, 1.82) is 0 Å². The van der Waals surface area contributed by atoms with Crippen LogP contribution in [0.5, 0.6) is 5.75 Å². The zero-order valence-corrected chi connectivity index (χ0v) is 11.4. The molecule has 1 saturated heterocycles. The van der Waals surface area contributed by atoms with E-state index < -0.39 is 0 Å². The van der Waals surface area contributed by atoms with Gasteiger partial charge in [0.15, 0.2) is 0 Å². The second-order valence-electron chi connectivity index (χ2n) is 5.41. The van der Waals surface area contributed by atoms with Crippen LogP contribution in [0.2, 0.25) is 0 Å². The smallest absolute Gasteiger partial charge is 0.236 e. The Hall–Kier alpha value is -1.62. The van der Waals surface area contributed by atoms with E-state index in [0.29, 0.717) is 19.5 Å². The molecule has 1 aromatic rings. The Kier molecular flexibility index (Phi) is 3.87. The topological polar surface area (TPSA) is 41.6 Å². The van der Waals surface area contributed by atoms with Crippen molar-refractivity contribution in [2.45, 2.75) is 25.4 Å². The van der Waals surface area contributed by atoms with E-state index in [1.54, 1.807) is 6.07 Å². The number of carbonyl (C=O) groups excluding carboxylic acids is 1. The zero-order chi connectivity index (χ0) is 13.9. The van der Waals surface area contributed by atoms with Crippen LogP contribution >= 0.6 is 0 Å². The monoisotopic (exact) mass is 278 g/mol. The summed E-state index contributed by atoms with van der Waals surface area (Å²) >= 11 is 0. The Morgan fingerprint density at radius 2 is 2.20 bits per heavy atom. The van der Waals surface area contributed by atoms with Crippen LogP contribution in [0.15, 0.2) is 18.2 Å². The Balaban J connectivity index is 1.43. The van der Waals surface area contributed by atoms with Crippen molar-refractivity contribution >= 4 is 5.91 Å². The van der Waals surface area contributed by atoms with Gasteiger partial charge in [-0.3, -0.25) is 4.79 Å². The van der Waals surface area contributed by atoms with Gasteiger partial charge in [0.1, 0.15) is 17.7 Å². The third kappa shape index (κ3) is 2.93. The van der Waals surface area contributed by atoms with E-state index in [1.807, 2.05) is 4.90 Å². The first-order valence-corrected chi connectivity index (χ1v) is 7.16. The molecule has 20 heavy (non-hydrogen) atoms. The maximum atomic E-state index is 13.1. The minimum absolute atomic E-state index is 0.0156. The second kappa shape index (κ2) is 5.79. The zero-order valence-electron chi connectivity index (χ0n) is 11.4. The first-order valence-electron chi connectivity index (χ1n) is 7.16. The molecule has 1 N–H and O–H groups in total. The minimum Gasteiger partial charge on any atom is -0.488 e. The summed E-state index contributed by atoms with van der Waals surface area (Å²) in [6.45, 7) is 2.72. The van der Waals surface area contributed by atoms with Crippen LogP contribution in [0, 0.1) is 5.82 Å². The van der Waals surface area contributed by atoms with Crippen molar-refractivity contribution in [3.63, 3.8) is 0 Å². The molecule has 0 spiro atoms. The van der Waals surface area contributed by atoms with Crippen molar-refractivity contribution in [3.8, 4) is 5.75 Å². The van der Waals surface area contributed by atoms with E-state index in [2.05, 4.69) is 5.32 Å².